The van der Waals surface area contributed by atoms with Crippen LogP contribution in [0.15, 0.2) is 22.7 Å². The maximum absolute atomic E-state index is 13.7. The molecule has 0 saturated carbocycles. The Labute approximate surface area is 108 Å². The second kappa shape index (κ2) is 5.04. The highest BCUT2D eigenvalue weighted by molar-refractivity contribution is 9.10. The lowest BCUT2D eigenvalue weighted by atomic mass is 10.2. The summed E-state index contributed by atoms with van der Waals surface area (Å²) in [5, 5.41) is 0. The van der Waals surface area contributed by atoms with Crippen LogP contribution in [0.3, 0.4) is 0 Å². The molecule has 0 radical (unpaired) electrons. The topological polar surface area (TPSA) is 23.6 Å². The van der Waals surface area contributed by atoms with E-state index in [1.165, 1.54) is 6.07 Å². The summed E-state index contributed by atoms with van der Waals surface area (Å²) in [7, 11) is 0. The largest absolute Gasteiger partial charge is 0.366 e. The van der Waals surface area contributed by atoms with Crippen LogP contribution in [-0.2, 0) is 4.79 Å². The molecule has 17 heavy (non-hydrogen) atoms. The standard InChI is InChI=1S/C12H14BrFN2O/c1-9(17)15-4-6-16(7-5-15)12-3-2-10(13)8-11(12)14/h2-3,8H,4-7H2,1H3. The number of piperazine rings is 1. The molecule has 5 heteroatoms. The molecule has 0 unspecified atom stereocenters. The highest BCUT2D eigenvalue weighted by Gasteiger charge is 2.20. The number of nitrogens with zero attached hydrogens (tertiary/aromatic N) is 2. The number of benzene rings is 1. The van der Waals surface area contributed by atoms with E-state index >= 15 is 0 Å². The number of hydrogen-bond donors (Lipinski definition) is 0. The summed E-state index contributed by atoms with van der Waals surface area (Å²) < 4.78 is 14.5. The summed E-state index contributed by atoms with van der Waals surface area (Å²) >= 11 is 3.24. The number of anilines is 1. The molecule has 92 valence electrons. The average Bonchev–Trinajstić information content (AvgIpc) is 2.29. The van der Waals surface area contributed by atoms with Gasteiger partial charge in [0.1, 0.15) is 5.82 Å². The maximum Gasteiger partial charge on any atom is 0.219 e. The average molecular weight is 301 g/mol. The Kier molecular flexibility index (Phi) is 3.66. The highest BCUT2D eigenvalue weighted by atomic mass is 79.9. The third-order valence-electron chi connectivity index (χ3n) is 2.98. The molecule has 1 saturated heterocycles. The van der Waals surface area contributed by atoms with E-state index in [0.29, 0.717) is 31.9 Å². The molecule has 1 heterocycles. The van der Waals surface area contributed by atoms with Gasteiger partial charge in [-0.15, -0.1) is 0 Å². The zero-order valence-electron chi connectivity index (χ0n) is 9.62. The Morgan fingerprint density at radius 3 is 2.47 bits per heavy atom. The van der Waals surface area contributed by atoms with Gasteiger partial charge in [0.05, 0.1) is 5.69 Å². The number of carbonyl (C=O) groups is 1. The van der Waals surface area contributed by atoms with Crippen LogP contribution in [0.5, 0.6) is 0 Å². The Morgan fingerprint density at radius 1 is 1.29 bits per heavy atom. The maximum atomic E-state index is 13.7. The molecule has 0 aliphatic carbocycles. The van der Waals surface area contributed by atoms with Crippen LogP contribution in [0.4, 0.5) is 10.1 Å². The number of carbonyl (C=O) groups excluding carboxylic acids is 1. The minimum Gasteiger partial charge on any atom is -0.366 e. The van der Waals surface area contributed by atoms with Crippen molar-refractivity contribution in [3.8, 4) is 0 Å². The monoisotopic (exact) mass is 300 g/mol. The Morgan fingerprint density at radius 2 is 1.94 bits per heavy atom. The van der Waals surface area contributed by atoms with Crippen molar-refractivity contribution in [1.29, 1.82) is 0 Å². The molecule has 1 aliphatic heterocycles. The number of halogens is 2. The summed E-state index contributed by atoms with van der Waals surface area (Å²) in [4.78, 5) is 14.9. The van der Waals surface area contributed by atoms with Gasteiger partial charge in [0, 0.05) is 37.6 Å². The van der Waals surface area contributed by atoms with Crippen molar-refractivity contribution in [2.75, 3.05) is 31.1 Å². The van der Waals surface area contributed by atoms with Crippen LogP contribution in [0.1, 0.15) is 6.92 Å². The molecule has 1 fully saturated rings. The van der Waals surface area contributed by atoms with E-state index in [2.05, 4.69) is 15.9 Å². The minimum absolute atomic E-state index is 0.0842. The van der Waals surface area contributed by atoms with E-state index in [4.69, 9.17) is 0 Å². The second-order valence-corrected chi connectivity index (χ2v) is 5.00. The van der Waals surface area contributed by atoms with Gasteiger partial charge in [-0.1, -0.05) is 15.9 Å². The fraction of sp³-hybridized carbons (Fsp3) is 0.417. The van der Waals surface area contributed by atoms with Gasteiger partial charge in [0.2, 0.25) is 5.91 Å². The molecule has 0 spiro atoms. The summed E-state index contributed by atoms with van der Waals surface area (Å²) in [5.41, 5.74) is 0.608. The second-order valence-electron chi connectivity index (χ2n) is 4.09. The summed E-state index contributed by atoms with van der Waals surface area (Å²) in [6.07, 6.45) is 0. The third-order valence-corrected chi connectivity index (χ3v) is 3.47. The molecule has 1 aromatic rings. The first kappa shape index (κ1) is 12.4. The molecular formula is C12H14BrFN2O. The van der Waals surface area contributed by atoms with Crippen molar-refractivity contribution in [3.63, 3.8) is 0 Å². The fourth-order valence-electron chi connectivity index (χ4n) is 2.00. The van der Waals surface area contributed by atoms with Gasteiger partial charge in [0.25, 0.3) is 0 Å². The SMILES string of the molecule is CC(=O)N1CCN(c2ccc(Br)cc2F)CC1. The Balaban J connectivity index is 2.08. The predicted octanol–water partition coefficient (Wildman–Crippen LogP) is 2.26. The zero-order chi connectivity index (χ0) is 12.4. The molecule has 0 aromatic heterocycles. The van der Waals surface area contributed by atoms with Gasteiger partial charge in [-0.2, -0.15) is 0 Å². The third kappa shape index (κ3) is 2.77. The first-order valence-corrected chi connectivity index (χ1v) is 6.33. The summed E-state index contributed by atoms with van der Waals surface area (Å²) in [6, 6.07) is 5.06. The van der Waals surface area contributed by atoms with Crippen LogP contribution in [0, 0.1) is 5.82 Å². The smallest absolute Gasteiger partial charge is 0.219 e. The predicted molar refractivity (Wildman–Crippen MR) is 68.6 cm³/mol. The Bertz CT molecular complexity index is 431. The van der Waals surface area contributed by atoms with Crippen molar-refractivity contribution in [3.05, 3.63) is 28.5 Å². The van der Waals surface area contributed by atoms with Crippen molar-refractivity contribution < 1.29 is 9.18 Å². The minimum atomic E-state index is -0.226. The molecule has 3 nitrogen and oxygen atoms in total. The molecule has 1 amide bonds. The first-order valence-electron chi connectivity index (χ1n) is 5.53. The van der Waals surface area contributed by atoms with E-state index in [9.17, 15) is 9.18 Å². The van der Waals surface area contributed by atoms with Crippen molar-refractivity contribution >= 4 is 27.5 Å². The first-order chi connectivity index (χ1) is 8.08. The summed E-state index contributed by atoms with van der Waals surface area (Å²) in [6.45, 7) is 4.24. The van der Waals surface area contributed by atoms with Crippen LogP contribution >= 0.6 is 15.9 Å². The lowest BCUT2D eigenvalue weighted by Crippen LogP contribution is -2.48. The van der Waals surface area contributed by atoms with Crippen LogP contribution in [0.2, 0.25) is 0 Å². The lowest BCUT2D eigenvalue weighted by molar-refractivity contribution is -0.129. The van der Waals surface area contributed by atoms with E-state index in [0.717, 1.165) is 4.47 Å². The van der Waals surface area contributed by atoms with Gasteiger partial charge in [-0.05, 0) is 18.2 Å². The van der Waals surface area contributed by atoms with Crippen molar-refractivity contribution in [2.24, 2.45) is 0 Å². The molecule has 0 N–H and O–H groups in total. The molecule has 1 aromatic carbocycles. The fourth-order valence-corrected chi connectivity index (χ4v) is 2.33. The normalized spacial score (nSPS) is 16.2. The zero-order valence-corrected chi connectivity index (χ0v) is 11.2. The Hall–Kier alpha value is -1.10. The van der Waals surface area contributed by atoms with Gasteiger partial charge in [0.15, 0.2) is 0 Å². The van der Waals surface area contributed by atoms with E-state index < -0.39 is 0 Å². The molecule has 2 rings (SSSR count). The van der Waals surface area contributed by atoms with Gasteiger partial charge >= 0.3 is 0 Å². The molecule has 0 bridgehead atoms. The molecule has 0 atom stereocenters. The summed E-state index contributed by atoms with van der Waals surface area (Å²) in [5.74, 6) is -0.142. The van der Waals surface area contributed by atoms with E-state index in [1.807, 2.05) is 11.0 Å². The van der Waals surface area contributed by atoms with Crippen molar-refractivity contribution in [2.45, 2.75) is 6.92 Å². The van der Waals surface area contributed by atoms with Gasteiger partial charge < -0.3 is 9.80 Å². The van der Waals surface area contributed by atoms with Crippen LogP contribution in [-0.4, -0.2) is 37.0 Å². The van der Waals surface area contributed by atoms with Gasteiger partial charge in [-0.3, -0.25) is 4.79 Å². The number of rotatable bonds is 1. The van der Waals surface area contributed by atoms with Crippen molar-refractivity contribution in [1.82, 2.24) is 4.90 Å². The van der Waals surface area contributed by atoms with E-state index in [-0.39, 0.29) is 11.7 Å². The highest BCUT2D eigenvalue weighted by Crippen LogP contribution is 2.24. The lowest BCUT2D eigenvalue weighted by Gasteiger charge is -2.35. The van der Waals surface area contributed by atoms with Crippen LogP contribution < -0.4 is 4.90 Å². The quantitative estimate of drug-likeness (QED) is 0.794. The number of amides is 1. The molecule has 1 aliphatic rings. The van der Waals surface area contributed by atoms with Crippen LogP contribution in [0.25, 0.3) is 0 Å². The number of hydrogen-bond acceptors (Lipinski definition) is 2. The van der Waals surface area contributed by atoms with E-state index in [1.54, 1.807) is 17.9 Å². The van der Waals surface area contributed by atoms with Gasteiger partial charge in [-0.25, -0.2) is 4.39 Å². The molecular weight excluding hydrogens is 287 g/mol.